The minimum atomic E-state index is 1.02. The summed E-state index contributed by atoms with van der Waals surface area (Å²) in [6, 6.07) is 0. The van der Waals surface area contributed by atoms with Gasteiger partial charge in [-0.2, -0.15) is 0 Å². The second kappa shape index (κ2) is 3.14. The van der Waals surface area contributed by atoms with Gasteiger partial charge in [0.05, 0.1) is 0 Å². The molecule has 2 saturated carbocycles. The largest absolute Gasteiger partial charge is 0.316 e. The zero-order valence-electron chi connectivity index (χ0n) is 7.47. The summed E-state index contributed by atoms with van der Waals surface area (Å²) in [7, 11) is 0. The quantitative estimate of drug-likeness (QED) is 0.651. The van der Waals surface area contributed by atoms with Gasteiger partial charge < -0.3 is 5.32 Å². The van der Waals surface area contributed by atoms with Gasteiger partial charge in [0.25, 0.3) is 0 Å². The predicted molar refractivity (Wildman–Crippen MR) is 47.5 cm³/mol. The first kappa shape index (κ1) is 7.60. The van der Waals surface area contributed by atoms with Gasteiger partial charge in [-0.15, -0.1) is 0 Å². The molecule has 11 heavy (non-hydrogen) atoms. The first-order valence-corrected chi connectivity index (χ1v) is 5.07. The van der Waals surface area contributed by atoms with Crippen LogP contribution in [0.2, 0.25) is 0 Å². The Labute approximate surface area is 69.6 Å². The van der Waals surface area contributed by atoms with E-state index in [-0.39, 0.29) is 0 Å². The average molecular weight is 153 g/mol. The molecule has 0 amide bonds. The molecule has 0 aliphatic heterocycles. The number of nitrogens with one attached hydrogen (secondary N) is 1. The van der Waals surface area contributed by atoms with Crippen molar-refractivity contribution in [1.82, 2.24) is 5.32 Å². The fourth-order valence-electron chi connectivity index (χ4n) is 1.85. The molecule has 64 valence electrons. The summed E-state index contributed by atoms with van der Waals surface area (Å²) in [5.74, 6) is 3.07. The van der Waals surface area contributed by atoms with E-state index in [0.717, 1.165) is 17.8 Å². The molecule has 0 saturated heterocycles. The van der Waals surface area contributed by atoms with Crippen molar-refractivity contribution in [2.24, 2.45) is 17.8 Å². The van der Waals surface area contributed by atoms with Crippen LogP contribution in [0, 0.1) is 17.8 Å². The molecule has 2 aliphatic carbocycles. The first-order valence-electron chi connectivity index (χ1n) is 5.07. The summed E-state index contributed by atoms with van der Waals surface area (Å²) >= 11 is 0. The van der Waals surface area contributed by atoms with Crippen LogP contribution in [0.1, 0.15) is 32.6 Å². The van der Waals surface area contributed by atoms with Crippen molar-refractivity contribution < 1.29 is 0 Å². The van der Waals surface area contributed by atoms with Crippen LogP contribution in [0.25, 0.3) is 0 Å². The van der Waals surface area contributed by atoms with E-state index in [2.05, 4.69) is 12.2 Å². The Hall–Kier alpha value is -0.0400. The molecule has 1 nitrogen and oxygen atoms in total. The van der Waals surface area contributed by atoms with Gasteiger partial charge >= 0.3 is 0 Å². The molecule has 2 rings (SSSR count). The Morgan fingerprint density at radius 3 is 2.45 bits per heavy atom. The molecule has 2 fully saturated rings. The SMILES string of the molecule is C[C@H]1C[C@H]1CNCC1CCC1. The summed E-state index contributed by atoms with van der Waals surface area (Å²) in [6.07, 6.45) is 5.91. The maximum atomic E-state index is 3.58. The topological polar surface area (TPSA) is 12.0 Å². The highest BCUT2D eigenvalue weighted by molar-refractivity contribution is 4.84. The van der Waals surface area contributed by atoms with Crippen LogP contribution in [0.15, 0.2) is 0 Å². The monoisotopic (exact) mass is 153 g/mol. The van der Waals surface area contributed by atoms with E-state index in [1.54, 1.807) is 0 Å². The molecule has 0 aromatic rings. The zero-order chi connectivity index (χ0) is 7.68. The van der Waals surface area contributed by atoms with Gasteiger partial charge in [-0.1, -0.05) is 13.3 Å². The average Bonchev–Trinajstić information content (AvgIpc) is 2.55. The van der Waals surface area contributed by atoms with Crippen molar-refractivity contribution in [2.45, 2.75) is 32.6 Å². The fraction of sp³-hybridized carbons (Fsp3) is 1.00. The van der Waals surface area contributed by atoms with Gasteiger partial charge in [-0.25, -0.2) is 0 Å². The summed E-state index contributed by atoms with van der Waals surface area (Å²) in [5, 5.41) is 3.58. The van der Waals surface area contributed by atoms with Crippen molar-refractivity contribution in [3.63, 3.8) is 0 Å². The minimum Gasteiger partial charge on any atom is -0.316 e. The molecular weight excluding hydrogens is 134 g/mol. The molecule has 0 heterocycles. The van der Waals surface area contributed by atoms with E-state index in [9.17, 15) is 0 Å². The maximum absolute atomic E-state index is 3.58. The first-order chi connectivity index (χ1) is 5.36. The van der Waals surface area contributed by atoms with Gasteiger partial charge in [-0.05, 0) is 50.1 Å². The Bertz CT molecular complexity index is 124. The molecule has 2 atom stereocenters. The van der Waals surface area contributed by atoms with Gasteiger partial charge in [0.15, 0.2) is 0 Å². The number of hydrogen-bond acceptors (Lipinski definition) is 1. The van der Waals surface area contributed by atoms with Gasteiger partial charge in [0.1, 0.15) is 0 Å². The van der Waals surface area contributed by atoms with Crippen molar-refractivity contribution >= 4 is 0 Å². The summed E-state index contributed by atoms with van der Waals surface area (Å²) in [4.78, 5) is 0. The van der Waals surface area contributed by atoms with E-state index in [1.807, 2.05) is 0 Å². The third-order valence-electron chi connectivity index (χ3n) is 3.34. The highest BCUT2D eigenvalue weighted by Crippen LogP contribution is 2.36. The summed E-state index contributed by atoms with van der Waals surface area (Å²) in [5.41, 5.74) is 0. The molecule has 1 heteroatoms. The second-order valence-corrected chi connectivity index (χ2v) is 4.43. The van der Waals surface area contributed by atoms with Crippen molar-refractivity contribution in [3.8, 4) is 0 Å². The second-order valence-electron chi connectivity index (χ2n) is 4.43. The number of hydrogen-bond donors (Lipinski definition) is 1. The van der Waals surface area contributed by atoms with E-state index in [0.29, 0.717) is 0 Å². The van der Waals surface area contributed by atoms with E-state index in [4.69, 9.17) is 0 Å². The van der Waals surface area contributed by atoms with E-state index >= 15 is 0 Å². The molecule has 0 aromatic carbocycles. The van der Waals surface area contributed by atoms with Crippen LogP contribution in [-0.4, -0.2) is 13.1 Å². The van der Waals surface area contributed by atoms with E-state index < -0.39 is 0 Å². The lowest BCUT2D eigenvalue weighted by molar-refractivity contribution is 0.300. The molecule has 0 aromatic heterocycles. The highest BCUT2D eigenvalue weighted by atomic mass is 14.9. The fourth-order valence-corrected chi connectivity index (χ4v) is 1.85. The smallest absolute Gasteiger partial charge is 0.00177 e. The molecular formula is C10H19N. The van der Waals surface area contributed by atoms with Crippen LogP contribution in [0.4, 0.5) is 0 Å². The molecule has 0 spiro atoms. The predicted octanol–water partition coefficient (Wildman–Crippen LogP) is 2.03. The Morgan fingerprint density at radius 1 is 1.27 bits per heavy atom. The minimum absolute atomic E-state index is 1.02. The van der Waals surface area contributed by atoms with Crippen LogP contribution in [0.5, 0.6) is 0 Å². The third kappa shape index (κ3) is 1.96. The van der Waals surface area contributed by atoms with E-state index in [1.165, 1.54) is 38.8 Å². The van der Waals surface area contributed by atoms with Crippen LogP contribution in [-0.2, 0) is 0 Å². The van der Waals surface area contributed by atoms with Crippen LogP contribution in [0.3, 0.4) is 0 Å². The zero-order valence-corrected chi connectivity index (χ0v) is 7.47. The normalized spacial score (nSPS) is 36.8. The maximum Gasteiger partial charge on any atom is -0.00177 e. The molecule has 0 bridgehead atoms. The number of rotatable bonds is 4. The Kier molecular flexibility index (Phi) is 2.17. The van der Waals surface area contributed by atoms with Gasteiger partial charge in [0.2, 0.25) is 0 Å². The molecule has 2 aliphatic rings. The Balaban J connectivity index is 1.47. The van der Waals surface area contributed by atoms with Crippen molar-refractivity contribution in [2.75, 3.05) is 13.1 Å². The van der Waals surface area contributed by atoms with Gasteiger partial charge in [0, 0.05) is 0 Å². The Morgan fingerprint density at radius 2 is 2.00 bits per heavy atom. The summed E-state index contributed by atoms with van der Waals surface area (Å²) in [6.45, 7) is 4.94. The van der Waals surface area contributed by atoms with Crippen molar-refractivity contribution in [3.05, 3.63) is 0 Å². The van der Waals surface area contributed by atoms with Crippen LogP contribution < -0.4 is 5.32 Å². The van der Waals surface area contributed by atoms with Crippen LogP contribution >= 0.6 is 0 Å². The molecule has 0 unspecified atom stereocenters. The lowest BCUT2D eigenvalue weighted by Crippen LogP contribution is -2.28. The molecule has 0 radical (unpaired) electrons. The molecule has 1 N–H and O–H groups in total. The standard InChI is InChI=1S/C10H19N/c1-8-5-10(8)7-11-6-9-3-2-4-9/h8-11H,2-7H2,1H3/t8-,10-/m0/s1. The van der Waals surface area contributed by atoms with Gasteiger partial charge in [-0.3, -0.25) is 0 Å². The third-order valence-corrected chi connectivity index (χ3v) is 3.34. The lowest BCUT2D eigenvalue weighted by atomic mass is 9.85. The highest BCUT2D eigenvalue weighted by Gasteiger charge is 2.31. The lowest BCUT2D eigenvalue weighted by Gasteiger charge is -2.25. The van der Waals surface area contributed by atoms with Crippen molar-refractivity contribution in [1.29, 1.82) is 0 Å². The summed E-state index contributed by atoms with van der Waals surface area (Å²) < 4.78 is 0.